The van der Waals surface area contributed by atoms with E-state index in [4.69, 9.17) is 18.9 Å². The van der Waals surface area contributed by atoms with Crippen molar-refractivity contribution in [2.24, 2.45) is 85.8 Å². The van der Waals surface area contributed by atoms with Crippen LogP contribution in [0.25, 0.3) is 0 Å². The van der Waals surface area contributed by atoms with Gasteiger partial charge in [0.15, 0.2) is 64.1 Å². The van der Waals surface area contributed by atoms with Crippen LogP contribution in [0.5, 0.6) is 0 Å². The molecule has 14 aliphatic rings. The number of carbonyl (C=O) groups is 6. The zero-order valence-corrected chi connectivity index (χ0v) is 51.7. The third-order valence-electron chi connectivity index (χ3n) is 26.6. The molecule has 2 aliphatic heterocycles. The summed E-state index contributed by atoms with van der Waals surface area (Å²) in [5.74, 6) is -1.06. The zero-order valence-electron chi connectivity index (χ0n) is 51.7. The first-order chi connectivity index (χ1) is 41.0. The van der Waals surface area contributed by atoms with E-state index in [1.54, 1.807) is 50.3 Å². The van der Waals surface area contributed by atoms with E-state index in [0.29, 0.717) is 32.1 Å². The second-order valence-electron chi connectivity index (χ2n) is 30.1. The van der Waals surface area contributed by atoms with Crippen LogP contribution in [-0.2, 0) is 47.7 Å². The monoisotopic (exact) mass is 1260 g/mol. The summed E-state index contributed by atoms with van der Waals surface area (Å²) in [7, 11) is 0. The van der Waals surface area contributed by atoms with Gasteiger partial charge in [0, 0.05) is 50.2 Å². The highest BCUT2D eigenvalue weighted by Crippen LogP contribution is 2.73. The Morgan fingerprint density at radius 3 is 1.26 bits per heavy atom. The van der Waals surface area contributed by atoms with Gasteiger partial charge >= 0.3 is 0 Å². The topological polar surface area (TPSA) is 301 Å². The fourth-order valence-corrected chi connectivity index (χ4v) is 22.9. The molecular weight excluding hydrogens is 1150 g/mol. The minimum absolute atomic E-state index is 0. The van der Waals surface area contributed by atoms with Gasteiger partial charge in [-0.05, 0) is 162 Å². The number of hydrogen-bond acceptors (Lipinski definition) is 18. The molecule has 500 valence electrons. The lowest BCUT2D eigenvalue weighted by atomic mass is 9.46. The molecule has 18 nitrogen and oxygen atoms in total. The third kappa shape index (κ3) is 9.40. The number of fused-ring (bicyclic) bond motifs is 19. The highest BCUT2D eigenvalue weighted by atomic mass is 16.8. The standard InChI is InChI=1S/C25H34O6.C23H30O6.C21H28O6.3CH4/c1-4-5-21-30-20-11-17-16-7-6-14-10-15(27)8-9-23(14,2)22(16)18(28)12-24(17,3)25(20,31-21)19(29)13-26;1-12-28-19-9-16-15-5-4-13-8-14(25)6-7-21(13,2)20(15)17(26)10-22(16,3)23(19,29-12)18(27)11-24;1-19-6-5-12(23)7-11(19)3-4-13-14-8-16(25)21(27,17(26)10-22)20(14,2)9-15(24)18(13)19;;;/h8-10,16-18,20-22,26,28H,4-7,11-13H2,1-3H3;6-8,12,15-17,19-20,24,26H,4-5,9-11H2,1-3H3;5-7,13-16,18,22,24-25,27H,3-4,8-10H2,1-2H3;3*1H4/t16-,17-,18-,20+,21?,22+,23-,24-,25+;12?,15-,16-,17-,19+,20+,21-,22-,23+;13-,14-,15-,16+,18+,19-,20-,21-;;;/m000.../s1. The van der Waals surface area contributed by atoms with Gasteiger partial charge in [-0.2, -0.15) is 0 Å². The molecule has 18 heteroatoms. The van der Waals surface area contributed by atoms with Crippen LogP contribution in [0.3, 0.4) is 0 Å². The van der Waals surface area contributed by atoms with Crippen LogP contribution in [0.15, 0.2) is 71.4 Å². The van der Waals surface area contributed by atoms with E-state index in [9.17, 15) is 69.6 Å². The molecule has 0 aromatic rings. The molecular formula is C72H104O18. The van der Waals surface area contributed by atoms with Crippen molar-refractivity contribution in [1.82, 2.24) is 0 Å². The van der Waals surface area contributed by atoms with Crippen LogP contribution in [0.2, 0.25) is 0 Å². The molecule has 11 fully saturated rings. The molecule has 0 amide bonds. The molecule has 0 radical (unpaired) electrons. The number of carbonyl (C=O) groups excluding carboxylic acids is 6. The molecule has 2 saturated heterocycles. The second-order valence-corrected chi connectivity index (χ2v) is 30.1. The van der Waals surface area contributed by atoms with E-state index >= 15 is 0 Å². The molecule has 0 spiro atoms. The molecule has 8 N–H and O–H groups in total. The quantitative estimate of drug-likeness (QED) is 0.120. The van der Waals surface area contributed by atoms with Crippen LogP contribution in [-0.4, -0.2) is 161 Å². The zero-order chi connectivity index (χ0) is 62.7. The Balaban J connectivity index is 0.000000158. The van der Waals surface area contributed by atoms with Gasteiger partial charge in [-0.3, -0.25) is 28.8 Å². The molecule has 0 aromatic heterocycles. The number of allylic oxidation sites excluding steroid dienone is 12. The molecule has 9 saturated carbocycles. The van der Waals surface area contributed by atoms with Crippen molar-refractivity contribution < 1.29 is 88.6 Å². The van der Waals surface area contributed by atoms with Gasteiger partial charge in [0.25, 0.3) is 0 Å². The summed E-state index contributed by atoms with van der Waals surface area (Å²) >= 11 is 0. The lowest BCUT2D eigenvalue weighted by molar-refractivity contribution is -0.200. The lowest BCUT2D eigenvalue weighted by Gasteiger charge is -2.59. The van der Waals surface area contributed by atoms with Gasteiger partial charge in [-0.25, -0.2) is 0 Å². The Bertz CT molecular complexity index is 3090. The Morgan fingerprint density at radius 1 is 0.522 bits per heavy atom. The number of ether oxygens (including phenoxy) is 4. The normalized spacial score (nSPS) is 49.8. The van der Waals surface area contributed by atoms with Crippen molar-refractivity contribution in [3.8, 4) is 0 Å². The predicted octanol–water partition coefficient (Wildman–Crippen LogP) is 7.09. The molecule has 12 aliphatic carbocycles. The fourth-order valence-electron chi connectivity index (χ4n) is 22.9. The summed E-state index contributed by atoms with van der Waals surface area (Å²) < 4.78 is 24.8. The van der Waals surface area contributed by atoms with Gasteiger partial charge in [-0.15, -0.1) is 0 Å². The number of aliphatic hydroxyl groups excluding tert-OH is 7. The Kier molecular flexibility index (Phi) is 18.8. The molecule has 14 rings (SSSR count). The van der Waals surface area contributed by atoms with E-state index in [1.807, 2.05) is 32.1 Å². The van der Waals surface area contributed by atoms with Crippen molar-refractivity contribution in [3.63, 3.8) is 0 Å². The van der Waals surface area contributed by atoms with E-state index in [0.717, 1.165) is 61.7 Å². The first-order valence-corrected chi connectivity index (χ1v) is 32.3. The van der Waals surface area contributed by atoms with Crippen LogP contribution in [0, 0.1) is 85.8 Å². The molecule has 26 atom stereocenters. The van der Waals surface area contributed by atoms with E-state index in [-0.39, 0.29) is 128 Å². The number of aliphatic hydroxyl groups is 8. The van der Waals surface area contributed by atoms with E-state index in [1.165, 1.54) is 0 Å². The van der Waals surface area contributed by atoms with Crippen LogP contribution >= 0.6 is 0 Å². The second kappa shape index (κ2) is 24.0. The van der Waals surface area contributed by atoms with Crippen molar-refractivity contribution in [2.75, 3.05) is 19.8 Å². The summed E-state index contributed by atoms with van der Waals surface area (Å²) in [5.41, 5.74) is -4.56. The molecule has 2 unspecified atom stereocenters. The Morgan fingerprint density at radius 2 is 0.878 bits per heavy atom. The predicted molar refractivity (Wildman–Crippen MR) is 333 cm³/mol. The third-order valence-corrected chi connectivity index (χ3v) is 26.6. The summed E-state index contributed by atoms with van der Waals surface area (Å²) in [6.45, 7) is 14.0. The molecule has 0 bridgehead atoms. The summed E-state index contributed by atoms with van der Waals surface area (Å²) in [6, 6.07) is 0. The summed E-state index contributed by atoms with van der Waals surface area (Å²) in [6.07, 6.45) is 19.9. The maximum absolute atomic E-state index is 13.2. The number of ketones is 6. The van der Waals surface area contributed by atoms with Crippen molar-refractivity contribution in [1.29, 1.82) is 0 Å². The molecule has 2 heterocycles. The summed E-state index contributed by atoms with van der Waals surface area (Å²) in [5, 5.41) is 84.9. The van der Waals surface area contributed by atoms with E-state index in [2.05, 4.69) is 27.7 Å². The van der Waals surface area contributed by atoms with Crippen molar-refractivity contribution >= 4 is 34.7 Å². The number of Topliss-reactive ketones (excluding diaryl/α,β-unsaturated/α-hetero) is 3. The van der Waals surface area contributed by atoms with Gasteiger partial charge < -0.3 is 59.8 Å². The fraction of sp³-hybridized carbons (Fsp3) is 0.750. The van der Waals surface area contributed by atoms with Crippen LogP contribution < -0.4 is 0 Å². The highest BCUT2D eigenvalue weighted by molar-refractivity contribution is 6.02. The van der Waals surface area contributed by atoms with Crippen molar-refractivity contribution in [2.45, 2.75) is 234 Å². The number of hydrogen-bond donors (Lipinski definition) is 8. The SMILES string of the molecule is C.C.C.CC1O[C@@H]2C[C@H]3[C@@H]4CCC5=CC(=O)C=C[C@]5(C)[C@H]4[C@@H](O)C[C@]3(C)[C@]2(C(=O)CO)O1.CCCC1O[C@@H]2C[C@H]3[C@@H]4CCC5=CC(=O)C=C[C@]5(C)[C@H]4[C@@H](O)C[C@]3(C)[C@]2(C(=O)CO)O1.C[C@]12C=CC(=O)C=C1CC[C@@H]1[C@@H]2[C@@H](O)C[C@@]2(C)[C@H]1C[C@@H](O)[C@]2(O)C(=O)CO. The Labute approximate surface area is 531 Å². The van der Waals surface area contributed by atoms with Crippen LogP contribution in [0.4, 0.5) is 0 Å². The minimum Gasteiger partial charge on any atom is -0.393 e. The Hall–Kier alpha value is -4.02. The largest absolute Gasteiger partial charge is 0.393 e. The van der Waals surface area contributed by atoms with Gasteiger partial charge in [0.2, 0.25) is 0 Å². The minimum atomic E-state index is -2.05. The van der Waals surface area contributed by atoms with Gasteiger partial charge in [0.1, 0.15) is 19.8 Å². The maximum Gasteiger partial charge on any atom is 0.193 e. The lowest BCUT2D eigenvalue weighted by Crippen LogP contribution is -2.63. The van der Waals surface area contributed by atoms with E-state index < -0.39 is 113 Å². The van der Waals surface area contributed by atoms with Gasteiger partial charge in [-0.1, -0.05) is 112 Å². The summed E-state index contributed by atoms with van der Waals surface area (Å²) in [4.78, 5) is 74.4. The first kappa shape index (κ1) is 70.3. The smallest absolute Gasteiger partial charge is 0.193 e. The first-order valence-electron chi connectivity index (χ1n) is 32.3. The molecule has 90 heavy (non-hydrogen) atoms. The number of rotatable bonds is 8. The van der Waals surface area contributed by atoms with Crippen LogP contribution in [0.1, 0.15) is 168 Å². The average Bonchev–Trinajstić information content (AvgIpc) is 1.47. The van der Waals surface area contributed by atoms with Crippen molar-refractivity contribution in [3.05, 3.63) is 71.4 Å². The van der Waals surface area contributed by atoms with Gasteiger partial charge in [0.05, 0.1) is 36.6 Å². The maximum atomic E-state index is 13.2. The highest BCUT2D eigenvalue weighted by Gasteiger charge is 2.78. The average molecular weight is 1260 g/mol. The molecule has 0 aromatic carbocycles.